The number of hydrogen-bond acceptors (Lipinski definition) is 4. The van der Waals surface area contributed by atoms with Crippen LogP contribution < -0.4 is 19.5 Å². The van der Waals surface area contributed by atoms with E-state index in [9.17, 15) is 4.79 Å². The number of ether oxygens (including phenoxy) is 3. The lowest BCUT2D eigenvalue weighted by molar-refractivity contribution is -0.116. The maximum Gasteiger partial charge on any atom is 0.224 e. The molecule has 0 aliphatic heterocycles. The van der Waals surface area contributed by atoms with Crippen molar-refractivity contribution in [3.05, 3.63) is 46.5 Å². The van der Waals surface area contributed by atoms with Crippen molar-refractivity contribution >= 4 is 23.2 Å². The van der Waals surface area contributed by atoms with Crippen molar-refractivity contribution in [2.75, 3.05) is 26.6 Å². The molecule has 2 aromatic carbocycles. The van der Waals surface area contributed by atoms with E-state index in [0.717, 1.165) is 11.1 Å². The van der Waals surface area contributed by atoms with Crippen LogP contribution in [0.3, 0.4) is 0 Å². The van der Waals surface area contributed by atoms with Gasteiger partial charge in [-0.15, -0.1) is 0 Å². The zero-order valence-corrected chi connectivity index (χ0v) is 15.6. The Morgan fingerprint density at radius 2 is 1.68 bits per heavy atom. The average molecular weight is 364 g/mol. The summed E-state index contributed by atoms with van der Waals surface area (Å²) in [6.45, 7) is 1.88. The molecule has 0 aromatic heterocycles. The van der Waals surface area contributed by atoms with Crippen LogP contribution in [0.25, 0.3) is 0 Å². The van der Waals surface area contributed by atoms with Gasteiger partial charge in [0, 0.05) is 17.5 Å². The summed E-state index contributed by atoms with van der Waals surface area (Å²) in [5.74, 6) is 1.75. The summed E-state index contributed by atoms with van der Waals surface area (Å²) >= 11 is 6.08. The van der Waals surface area contributed by atoms with Gasteiger partial charge in [0.1, 0.15) is 5.75 Å². The second-order valence-corrected chi connectivity index (χ2v) is 5.95. The fraction of sp³-hybridized carbons (Fsp3) is 0.316. The predicted octanol–water partition coefficient (Wildman–Crippen LogP) is 4.25. The normalized spacial score (nSPS) is 10.3. The first kappa shape index (κ1) is 18.9. The Bertz CT molecular complexity index is 761. The Hall–Kier alpha value is -2.40. The van der Waals surface area contributed by atoms with Crippen molar-refractivity contribution in [1.29, 1.82) is 0 Å². The summed E-state index contributed by atoms with van der Waals surface area (Å²) in [7, 11) is 4.72. The first-order valence-corrected chi connectivity index (χ1v) is 8.21. The molecule has 25 heavy (non-hydrogen) atoms. The molecule has 0 heterocycles. The van der Waals surface area contributed by atoms with Gasteiger partial charge >= 0.3 is 0 Å². The molecule has 0 aliphatic carbocycles. The molecule has 2 aromatic rings. The minimum absolute atomic E-state index is 0.102. The molecule has 0 radical (unpaired) electrons. The standard InChI is InChI=1S/C19H22ClNO4/c1-12-9-15(17(24-3)11-14(12)20)21-19(22)8-6-13-5-7-16(23-2)18(10-13)25-4/h5,7,9-11H,6,8H2,1-4H3,(H,21,22). The Labute approximate surface area is 152 Å². The van der Waals surface area contributed by atoms with Gasteiger partial charge in [-0.3, -0.25) is 4.79 Å². The van der Waals surface area contributed by atoms with Crippen LogP contribution >= 0.6 is 11.6 Å². The van der Waals surface area contributed by atoms with Crippen molar-refractivity contribution in [2.45, 2.75) is 19.8 Å². The second kappa shape index (κ2) is 8.62. The van der Waals surface area contributed by atoms with E-state index in [1.165, 1.54) is 0 Å². The summed E-state index contributed by atoms with van der Waals surface area (Å²) in [6.07, 6.45) is 0.918. The van der Waals surface area contributed by atoms with Gasteiger partial charge < -0.3 is 19.5 Å². The van der Waals surface area contributed by atoms with Crippen molar-refractivity contribution in [3.63, 3.8) is 0 Å². The summed E-state index contributed by atoms with van der Waals surface area (Å²) in [4.78, 5) is 12.3. The molecule has 2 rings (SSSR count). The second-order valence-electron chi connectivity index (χ2n) is 5.54. The molecule has 0 spiro atoms. The molecular weight excluding hydrogens is 342 g/mol. The van der Waals surface area contributed by atoms with Gasteiger partial charge in [0.25, 0.3) is 0 Å². The molecule has 0 saturated heterocycles. The van der Waals surface area contributed by atoms with Crippen LogP contribution in [0.1, 0.15) is 17.5 Å². The highest BCUT2D eigenvalue weighted by molar-refractivity contribution is 6.31. The first-order chi connectivity index (χ1) is 12.0. The third-order valence-corrected chi connectivity index (χ3v) is 4.25. The summed E-state index contributed by atoms with van der Waals surface area (Å²) < 4.78 is 15.8. The quantitative estimate of drug-likeness (QED) is 0.799. The minimum Gasteiger partial charge on any atom is -0.495 e. The van der Waals surface area contributed by atoms with Crippen molar-refractivity contribution in [3.8, 4) is 17.2 Å². The third kappa shape index (κ3) is 4.79. The lowest BCUT2D eigenvalue weighted by Gasteiger charge is -2.13. The van der Waals surface area contributed by atoms with Gasteiger partial charge in [-0.25, -0.2) is 0 Å². The van der Waals surface area contributed by atoms with E-state index in [1.54, 1.807) is 33.5 Å². The van der Waals surface area contributed by atoms with Crippen molar-refractivity contribution in [2.24, 2.45) is 0 Å². The number of anilines is 1. The number of methoxy groups -OCH3 is 3. The largest absolute Gasteiger partial charge is 0.495 e. The van der Waals surface area contributed by atoms with E-state index in [4.69, 9.17) is 25.8 Å². The topological polar surface area (TPSA) is 56.8 Å². The summed E-state index contributed by atoms with van der Waals surface area (Å²) in [5.41, 5.74) is 2.48. The summed E-state index contributed by atoms with van der Waals surface area (Å²) in [5, 5.41) is 3.47. The molecular formula is C19H22ClNO4. The lowest BCUT2D eigenvalue weighted by Crippen LogP contribution is -2.13. The Morgan fingerprint density at radius 1 is 1.00 bits per heavy atom. The zero-order chi connectivity index (χ0) is 18.4. The Morgan fingerprint density at radius 3 is 2.32 bits per heavy atom. The van der Waals surface area contributed by atoms with Crippen LogP contribution in [-0.4, -0.2) is 27.2 Å². The highest BCUT2D eigenvalue weighted by Gasteiger charge is 2.11. The maximum atomic E-state index is 12.3. The number of carbonyl (C=O) groups is 1. The minimum atomic E-state index is -0.102. The third-order valence-electron chi connectivity index (χ3n) is 3.84. The molecule has 0 unspecified atom stereocenters. The summed E-state index contributed by atoms with van der Waals surface area (Å²) in [6, 6.07) is 9.12. The molecule has 0 aliphatic rings. The van der Waals surface area contributed by atoms with Crippen LogP contribution in [0.5, 0.6) is 17.2 Å². The SMILES string of the molecule is COc1cc(Cl)c(C)cc1NC(=O)CCc1ccc(OC)c(OC)c1. The molecule has 134 valence electrons. The monoisotopic (exact) mass is 363 g/mol. The number of amides is 1. The molecule has 1 amide bonds. The highest BCUT2D eigenvalue weighted by atomic mass is 35.5. The maximum absolute atomic E-state index is 12.3. The predicted molar refractivity (Wildman–Crippen MR) is 99.2 cm³/mol. The van der Waals surface area contributed by atoms with Crippen LogP contribution in [-0.2, 0) is 11.2 Å². The van der Waals surface area contributed by atoms with Crippen molar-refractivity contribution in [1.82, 2.24) is 0 Å². The Balaban J connectivity index is 2.03. The number of hydrogen-bond donors (Lipinski definition) is 1. The number of carbonyl (C=O) groups excluding carboxylic acids is 1. The van der Waals surface area contributed by atoms with E-state index < -0.39 is 0 Å². The van der Waals surface area contributed by atoms with Gasteiger partial charge in [-0.2, -0.15) is 0 Å². The van der Waals surface area contributed by atoms with Crippen LogP contribution in [0.15, 0.2) is 30.3 Å². The van der Waals surface area contributed by atoms with Crippen molar-refractivity contribution < 1.29 is 19.0 Å². The molecule has 6 heteroatoms. The zero-order valence-electron chi connectivity index (χ0n) is 14.8. The van der Waals surface area contributed by atoms with E-state index in [0.29, 0.717) is 40.8 Å². The molecule has 0 fully saturated rings. The number of benzene rings is 2. The number of nitrogens with one attached hydrogen (secondary N) is 1. The van der Waals surface area contributed by atoms with E-state index in [-0.39, 0.29) is 5.91 Å². The fourth-order valence-corrected chi connectivity index (χ4v) is 2.59. The number of rotatable bonds is 7. The number of halogens is 1. The molecule has 5 nitrogen and oxygen atoms in total. The van der Waals surface area contributed by atoms with Gasteiger partial charge in [0.15, 0.2) is 11.5 Å². The van der Waals surface area contributed by atoms with Gasteiger partial charge in [0.05, 0.1) is 27.0 Å². The van der Waals surface area contributed by atoms with E-state index in [2.05, 4.69) is 5.32 Å². The van der Waals surface area contributed by atoms with E-state index in [1.807, 2.05) is 25.1 Å². The van der Waals surface area contributed by atoms with Crippen LogP contribution in [0, 0.1) is 6.92 Å². The molecule has 0 atom stereocenters. The Kier molecular flexibility index (Phi) is 6.53. The molecule has 1 N–H and O–H groups in total. The highest BCUT2D eigenvalue weighted by Crippen LogP contribution is 2.31. The molecule has 0 bridgehead atoms. The van der Waals surface area contributed by atoms with Gasteiger partial charge in [-0.05, 0) is 42.7 Å². The first-order valence-electron chi connectivity index (χ1n) is 7.83. The molecule has 0 saturated carbocycles. The van der Waals surface area contributed by atoms with Crippen LogP contribution in [0.4, 0.5) is 5.69 Å². The van der Waals surface area contributed by atoms with Gasteiger partial charge in [-0.1, -0.05) is 17.7 Å². The smallest absolute Gasteiger partial charge is 0.224 e. The van der Waals surface area contributed by atoms with Gasteiger partial charge in [0.2, 0.25) is 5.91 Å². The van der Waals surface area contributed by atoms with Crippen LogP contribution in [0.2, 0.25) is 5.02 Å². The fourth-order valence-electron chi connectivity index (χ4n) is 2.44. The van der Waals surface area contributed by atoms with E-state index >= 15 is 0 Å². The lowest BCUT2D eigenvalue weighted by atomic mass is 10.1. The number of aryl methyl sites for hydroxylation is 2. The average Bonchev–Trinajstić information content (AvgIpc) is 2.62.